The predicted molar refractivity (Wildman–Crippen MR) is 113 cm³/mol. The number of nitrogens with zero attached hydrogens (tertiary/aromatic N) is 4. The van der Waals surface area contributed by atoms with Gasteiger partial charge in [-0.25, -0.2) is 9.97 Å². The zero-order chi connectivity index (χ0) is 18.1. The van der Waals surface area contributed by atoms with Crippen LogP contribution in [0.15, 0.2) is 33.6 Å². The molecule has 1 fully saturated rings. The second kappa shape index (κ2) is 9.56. The molecule has 152 valence electrons. The van der Waals surface area contributed by atoms with Crippen LogP contribution in [0.2, 0.25) is 0 Å². The lowest BCUT2D eigenvalue weighted by Crippen LogP contribution is -2.50. The van der Waals surface area contributed by atoms with Crippen LogP contribution in [0.1, 0.15) is 23.3 Å². The highest BCUT2D eigenvalue weighted by atomic mass is 35.5. The standard InChI is InChI=1S/C18H21N5O2S.2ClH/c1-12-14(21-18(25-12)13-3-8-26-11-13)9-16(24)23-7-4-19-10-15(23)17-20-5-6-22(17)2;;/h3,5-6,8,11,15,19H,4,7,9-10H2,1-2H3;2*1H. The lowest BCUT2D eigenvalue weighted by molar-refractivity contribution is -0.134. The molecule has 0 radical (unpaired) electrons. The minimum atomic E-state index is -0.0696. The second-order valence-corrected chi connectivity index (χ2v) is 7.19. The Morgan fingerprint density at radius 2 is 2.25 bits per heavy atom. The smallest absolute Gasteiger partial charge is 0.229 e. The molecule has 28 heavy (non-hydrogen) atoms. The first-order valence-electron chi connectivity index (χ1n) is 8.60. The number of halogens is 2. The van der Waals surface area contributed by atoms with Gasteiger partial charge in [-0.1, -0.05) is 0 Å². The first-order valence-corrected chi connectivity index (χ1v) is 9.54. The summed E-state index contributed by atoms with van der Waals surface area (Å²) >= 11 is 1.59. The minimum absolute atomic E-state index is 0. The van der Waals surface area contributed by atoms with Crippen molar-refractivity contribution in [3.8, 4) is 11.5 Å². The van der Waals surface area contributed by atoms with E-state index in [1.54, 1.807) is 17.5 Å². The van der Waals surface area contributed by atoms with Crippen molar-refractivity contribution < 1.29 is 9.21 Å². The van der Waals surface area contributed by atoms with Crippen LogP contribution < -0.4 is 5.32 Å². The third kappa shape index (κ3) is 4.41. The van der Waals surface area contributed by atoms with Gasteiger partial charge in [0.2, 0.25) is 11.8 Å². The minimum Gasteiger partial charge on any atom is -0.441 e. The molecule has 4 rings (SSSR count). The molecule has 1 aliphatic rings. The first kappa shape index (κ1) is 22.4. The Bertz CT molecular complexity index is 909. The van der Waals surface area contributed by atoms with Crippen LogP contribution >= 0.6 is 36.2 Å². The average molecular weight is 444 g/mol. The number of hydrogen-bond donors (Lipinski definition) is 1. The van der Waals surface area contributed by atoms with E-state index in [1.165, 1.54) is 0 Å². The summed E-state index contributed by atoms with van der Waals surface area (Å²) in [6, 6.07) is 1.90. The van der Waals surface area contributed by atoms with Crippen LogP contribution in [-0.4, -0.2) is 45.0 Å². The number of imidazole rings is 1. The summed E-state index contributed by atoms with van der Waals surface area (Å²) in [5.41, 5.74) is 1.65. The molecule has 0 bridgehead atoms. The van der Waals surface area contributed by atoms with Gasteiger partial charge in [-0.15, -0.1) is 24.8 Å². The summed E-state index contributed by atoms with van der Waals surface area (Å²) < 4.78 is 7.73. The molecule has 0 aromatic carbocycles. The van der Waals surface area contributed by atoms with E-state index in [2.05, 4.69) is 15.3 Å². The Kier molecular flexibility index (Phi) is 7.65. The van der Waals surface area contributed by atoms with E-state index in [0.717, 1.165) is 17.9 Å². The van der Waals surface area contributed by atoms with Crippen molar-refractivity contribution in [1.29, 1.82) is 0 Å². The number of aryl methyl sites for hydroxylation is 2. The number of carbonyl (C=O) groups is 1. The van der Waals surface area contributed by atoms with Gasteiger partial charge in [0.1, 0.15) is 17.6 Å². The lowest BCUT2D eigenvalue weighted by atomic mass is 10.1. The number of carbonyl (C=O) groups excluding carboxylic acids is 1. The van der Waals surface area contributed by atoms with Crippen LogP contribution in [0, 0.1) is 6.92 Å². The number of thiophene rings is 1. The Morgan fingerprint density at radius 1 is 1.43 bits per heavy atom. The van der Waals surface area contributed by atoms with Gasteiger partial charge in [0.05, 0.1) is 12.1 Å². The predicted octanol–water partition coefficient (Wildman–Crippen LogP) is 3.00. The fourth-order valence-electron chi connectivity index (χ4n) is 3.28. The summed E-state index contributed by atoms with van der Waals surface area (Å²) in [5.74, 6) is 2.21. The van der Waals surface area contributed by atoms with Gasteiger partial charge in [-0.3, -0.25) is 4.79 Å². The molecule has 1 aliphatic heterocycles. The Morgan fingerprint density at radius 3 is 2.93 bits per heavy atom. The number of amides is 1. The summed E-state index contributed by atoms with van der Waals surface area (Å²) in [7, 11) is 1.95. The molecular formula is C18H23Cl2N5O2S. The largest absolute Gasteiger partial charge is 0.441 e. The highest BCUT2D eigenvalue weighted by molar-refractivity contribution is 7.08. The van der Waals surface area contributed by atoms with Gasteiger partial charge in [0, 0.05) is 50.0 Å². The first-order chi connectivity index (χ1) is 12.6. The molecule has 0 saturated carbocycles. The van der Waals surface area contributed by atoms with Crippen molar-refractivity contribution in [2.24, 2.45) is 7.05 Å². The van der Waals surface area contributed by atoms with Crippen LogP contribution in [0.3, 0.4) is 0 Å². The van der Waals surface area contributed by atoms with Crippen molar-refractivity contribution >= 4 is 42.1 Å². The summed E-state index contributed by atoms with van der Waals surface area (Å²) in [6.45, 7) is 4.00. The Hall–Kier alpha value is -1.87. The summed E-state index contributed by atoms with van der Waals surface area (Å²) in [4.78, 5) is 23.9. The molecular weight excluding hydrogens is 421 g/mol. The van der Waals surface area contributed by atoms with Crippen molar-refractivity contribution in [3.05, 3.63) is 46.5 Å². The number of hydrogen-bond acceptors (Lipinski definition) is 6. The van der Waals surface area contributed by atoms with Crippen molar-refractivity contribution in [3.63, 3.8) is 0 Å². The molecule has 7 nitrogen and oxygen atoms in total. The highest BCUT2D eigenvalue weighted by Crippen LogP contribution is 2.26. The zero-order valence-electron chi connectivity index (χ0n) is 15.6. The third-order valence-corrected chi connectivity index (χ3v) is 5.38. The van der Waals surface area contributed by atoms with E-state index in [-0.39, 0.29) is 43.2 Å². The third-order valence-electron chi connectivity index (χ3n) is 4.70. The molecule has 10 heteroatoms. The molecule has 0 aliphatic carbocycles. The maximum absolute atomic E-state index is 13.0. The van der Waals surface area contributed by atoms with E-state index in [9.17, 15) is 4.79 Å². The van der Waals surface area contributed by atoms with E-state index in [1.807, 2.05) is 46.5 Å². The maximum atomic E-state index is 13.0. The topological polar surface area (TPSA) is 76.2 Å². The summed E-state index contributed by atoms with van der Waals surface area (Å²) in [5, 5.41) is 7.33. The fourth-order valence-corrected chi connectivity index (χ4v) is 3.91. The average Bonchev–Trinajstić information content (AvgIpc) is 3.37. The monoisotopic (exact) mass is 443 g/mol. The molecule has 4 heterocycles. The second-order valence-electron chi connectivity index (χ2n) is 6.41. The van der Waals surface area contributed by atoms with Crippen molar-refractivity contribution in [2.45, 2.75) is 19.4 Å². The van der Waals surface area contributed by atoms with Gasteiger partial charge in [-0.2, -0.15) is 11.3 Å². The van der Waals surface area contributed by atoms with E-state index in [0.29, 0.717) is 30.4 Å². The number of aromatic nitrogens is 3. The molecule has 1 N–H and O–H groups in total. The molecule has 1 amide bonds. The van der Waals surface area contributed by atoms with E-state index < -0.39 is 0 Å². The van der Waals surface area contributed by atoms with Crippen LogP contribution in [0.25, 0.3) is 11.5 Å². The number of piperazine rings is 1. The molecule has 0 spiro atoms. The summed E-state index contributed by atoms with van der Waals surface area (Å²) in [6.07, 6.45) is 3.91. The maximum Gasteiger partial charge on any atom is 0.229 e. The van der Waals surface area contributed by atoms with Gasteiger partial charge >= 0.3 is 0 Å². The van der Waals surface area contributed by atoms with Gasteiger partial charge in [0.15, 0.2) is 0 Å². The number of rotatable bonds is 4. The van der Waals surface area contributed by atoms with Crippen molar-refractivity contribution in [2.75, 3.05) is 19.6 Å². The SMILES string of the molecule is Cc1oc(-c2ccsc2)nc1CC(=O)N1CCNCC1c1nccn1C.Cl.Cl. The zero-order valence-corrected chi connectivity index (χ0v) is 18.1. The van der Waals surface area contributed by atoms with Gasteiger partial charge in [0.25, 0.3) is 0 Å². The van der Waals surface area contributed by atoms with E-state index in [4.69, 9.17) is 4.42 Å². The molecule has 1 unspecified atom stereocenters. The molecule has 3 aromatic rings. The molecule has 1 atom stereocenters. The van der Waals surface area contributed by atoms with Crippen molar-refractivity contribution in [1.82, 2.24) is 24.8 Å². The number of nitrogens with one attached hydrogen (secondary N) is 1. The normalized spacial score (nSPS) is 16.4. The van der Waals surface area contributed by atoms with Gasteiger partial charge < -0.3 is 19.2 Å². The lowest BCUT2D eigenvalue weighted by Gasteiger charge is -2.35. The van der Waals surface area contributed by atoms with Crippen LogP contribution in [0.4, 0.5) is 0 Å². The quantitative estimate of drug-likeness (QED) is 0.670. The Labute approximate surface area is 180 Å². The van der Waals surface area contributed by atoms with Crippen LogP contribution in [-0.2, 0) is 18.3 Å². The Balaban J connectivity index is 0.00000140. The van der Waals surface area contributed by atoms with Gasteiger partial charge in [-0.05, 0) is 18.4 Å². The fraction of sp³-hybridized carbons (Fsp3) is 0.389. The number of oxazole rings is 1. The molecule has 3 aromatic heterocycles. The molecule has 1 saturated heterocycles. The van der Waals surface area contributed by atoms with Crippen LogP contribution in [0.5, 0.6) is 0 Å². The van der Waals surface area contributed by atoms with E-state index >= 15 is 0 Å². The highest BCUT2D eigenvalue weighted by Gasteiger charge is 2.31.